The molecule has 15 nitrogen and oxygen atoms in total. The lowest BCUT2D eigenvalue weighted by Crippen LogP contribution is -2.01. The zero-order chi connectivity index (χ0) is 28.5. The first-order valence-electron chi connectivity index (χ1n) is 9.02. The summed E-state index contributed by atoms with van der Waals surface area (Å²) in [6.07, 6.45) is 1.14. The Morgan fingerprint density at radius 2 is 0.818 bits per heavy atom. The van der Waals surface area contributed by atoms with E-state index in [1.807, 2.05) is 0 Å². The highest BCUT2D eigenvalue weighted by Gasteiger charge is 1.98. The predicted octanol–water partition coefficient (Wildman–Crippen LogP) is 1.42. The molecule has 7 N–H and O–H groups in total. The van der Waals surface area contributed by atoms with Crippen LogP contribution in [0, 0.1) is 0 Å². The van der Waals surface area contributed by atoms with E-state index in [9.17, 15) is 35.8 Å². The topological polar surface area (TPSA) is 278 Å². The second-order valence-electron chi connectivity index (χ2n) is 5.23. The minimum atomic E-state index is -3.67. The number of carboxylic acid groups (broad SMARTS) is 3. The van der Waals surface area contributed by atoms with E-state index in [-0.39, 0.29) is 30.8 Å². The van der Waals surface area contributed by atoms with Gasteiger partial charge < -0.3 is 25.1 Å². The lowest BCUT2D eigenvalue weighted by Gasteiger charge is -1.85. The Labute approximate surface area is 194 Å². The van der Waals surface area contributed by atoms with Crippen molar-refractivity contribution in [3.05, 3.63) is 0 Å². The second kappa shape index (κ2) is 26.6. The average molecular weight is 553 g/mol. The molecular weight excluding hydrogens is 515 g/mol. The van der Waals surface area contributed by atoms with Gasteiger partial charge >= 0.3 is 25.5 Å². The van der Waals surface area contributed by atoms with E-state index in [2.05, 4.69) is 0 Å². The van der Waals surface area contributed by atoms with Crippen molar-refractivity contribution in [2.45, 2.75) is 60.3 Å². The van der Waals surface area contributed by atoms with E-state index >= 15 is 0 Å². The summed E-state index contributed by atoms with van der Waals surface area (Å²) in [6, 6.07) is 0. The van der Waals surface area contributed by atoms with Crippen molar-refractivity contribution in [1.82, 2.24) is 0 Å². The molecule has 0 aliphatic carbocycles. The molecule has 0 aromatic carbocycles. The Morgan fingerprint density at radius 3 is 0.818 bits per heavy atom. The largest absolute Gasteiger partial charge is 0.481 e. The van der Waals surface area contributed by atoms with Crippen molar-refractivity contribution in [3.63, 3.8) is 0 Å². The third kappa shape index (κ3) is 189. The minimum Gasteiger partial charge on any atom is -0.481 e. The van der Waals surface area contributed by atoms with Crippen LogP contribution in [0.3, 0.4) is 0 Å². The van der Waals surface area contributed by atoms with Gasteiger partial charge in [-0.2, -0.15) is 16.8 Å². The van der Waals surface area contributed by atoms with Crippen molar-refractivity contribution in [2.75, 3.05) is 18.2 Å². The van der Waals surface area contributed by atoms with Crippen LogP contribution < -0.4 is 0 Å². The van der Waals surface area contributed by atoms with Crippen LogP contribution in [0.25, 0.3) is 0 Å². The number of hydrogen-bond acceptors (Lipinski definition) is 8. The molecule has 0 atom stereocenters. The first kappa shape index (κ1) is 45.0. The van der Waals surface area contributed by atoms with Crippen molar-refractivity contribution in [2.24, 2.45) is 0 Å². The van der Waals surface area contributed by atoms with Gasteiger partial charge in [0.05, 0.1) is 11.5 Å². The zero-order valence-electron chi connectivity index (χ0n) is 19.4. The van der Waals surface area contributed by atoms with Crippen molar-refractivity contribution in [3.8, 4) is 0 Å². The maximum absolute atomic E-state index is 9.79. The summed E-state index contributed by atoms with van der Waals surface area (Å²) in [4.78, 5) is 43.4. The van der Waals surface area contributed by atoms with Gasteiger partial charge in [-0.05, 0) is 13.3 Å². The van der Waals surface area contributed by atoms with Crippen molar-refractivity contribution in [1.29, 1.82) is 0 Å². The highest BCUT2D eigenvalue weighted by molar-refractivity contribution is 7.86. The first-order valence-corrected chi connectivity index (χ1v) is 14.3. The van der Waals surface area contributed by atoms with Crippen molar-refractivity contribution < 1.29 is 70.0 Å². The molecule has 33 heavy (non-hydrogen) atoms. The van der Waals surface area contributed by atoms with E-state index in [1.165, 1.54) is 6.92 Å². The molecule has 0 fully saturated rings. The SMILES string of the molecule is CCC(=O)O.CCC(=O)O.CCC(=O)O.CCCS(=O)(=O)O.CCS(=O)(=O)O.CP(=O)(O)O. The number of carbonyl (C=O) groups is 3. The molecular formula is C15H37O15PS2. The van der Waals surface area contributed by atoms with Crippen LogP contribution in [-0.4, -0.2) is 87.1 Å². The number of hydrogen-bond donors (Lipinski definition) is 7. The van der Waals surface area contributed by atoms with Crippen LogP contribution >= 0.6 is 7.60 Å². The lowest BCUT2D eigenvalue weighted by atomic mass is 10.5. The summed E-state index contributed by atoms with van der Waals surface area (Å²) in [5, 5.41) is 23.2. The quantitative estimate of drug-likeness (QED) is 0.181. The molecule has 0 saturated carbocycles. The monoisotopic (exact) mass is 552 g/mol. The average Bonchev–Trinajstić information content (AvgIpc) is 2.60. The molecule has 0 rings (SSSR count). The van der Waals surface area contributed by atoms with E-state index in [4.69, 9.17) is 34.2 Å². The van der Waals surface area contributed by atoms with E-state index in [1.54, 1.807) is 27.7 Å². The van der Waals surface area contributed by atoms with Crippen molar-refractivity contribution >= 4 is 45.7 Å². The molecule has 18 heteroatoms. The molecule has 0 heterocycles. The van der Waals surface area contributed by atoms with Gasteiger partial charge in [0, 0.05) is 25.9 Å². The van der Waals surface area contributed by atoms with Gasteiger partial charge in [-0.1, -0.05) is 27.7 Å². The van der Waals surface area contributed by atoms with E-state index < -0.39 is 45.7 Å². The number of aliphatic carboxylic acids is 3. The van der Waals surface area contributed by atoms with Gasteiger partial charge in [0.25, 0.3) is 20.2 Å². The summed E-state index contributed by atoms with van der Waals surface area (Å²) >= 11 is 0. The summed E-state index contributed by atoms with van der Waals surface area (Å²) in [7, 11) is -11.0. The van der Waals surface area contributed by atoms with Gasteiger partial charge in [0.1, 0.15) is 0 Å². The molecule has 0 aliphatic rings. The van der Waals surface area contributed by atoms with Crippen LogP contribution in [-0.2, 0) is 39.2 Å². The molecule has 0 spiro atoms. The molecule has 0 unspecified atom stereocenters. The van der Waals surface area contributed by atoms with Crippen LogP contribution in [0.2, 0.25) is 0 Å². The van der Waals surface area contributed by atoms with Crippen LogP contribution in [0.5, 0.6) is 0 Å². The highest BCUT2D eigenvalue weighted by Crippen LogP contribution is 2.26. The number of carboxylic acids is 3. The fraction of sp³-hybridized carbons (Fsp3) is 0.800. The Bertz CT molecular complexity index is 698. The van der Waals surface area contributed by atoms with Crippen LogP contribution in [0.1, 0.15) is 60.3 Å². The normalized spacial score (nSPS) is 9.76. The molecule has 0 aromatic heterocycles. The minimum absolute atomic E-state index is 0.132. The van der Waals surface area contributed by atoms with Crippen LogP contribution in [0.15, 0.2) is 0 Å². The van der Waals surface area contributed by atoms with Gasteiger partial charge in [-0.15, -0.1) is 0 Å². The summed E-state index contributed by atoms with van der Waals surface area (Å²) < 4.78 is 63.8. The van der Waals surface area contributed by atoms with Gasteiger partial charge in [-0.3, -0.25) is 28.1 Å². The van der Waals surface area contributed by atoms with E-state index in [0.29, 0.717) is 6.42 Å². The molecule has 0 aromatic rings. The molecule has 0 bridgehead atoms. The lowest BCUT2D eigenvalue weighted by molar-refractivity contribution is -0.137. The van der Waals surface area contributed by atoms with E-state index in [0.717, 1.165) is 6.66 Å². The fourth-order valence-electron chi connectivity index (χ4n) is 0.258. The maximum atomic E-state index is 9.79. The standard InChI is InChI=1S/C3H8O3S.3C3H6O2.C2H6O3S.CH5O3P/c1-2-3-7(4,5)6;3*1-2-3(4)5;1-2-6(3,4)5;1-5(2,3)4/h2-3H2,1H3,(H,4,5,6);3*2H2,1H3,(H,4,5);2H2,1H3,(H,3,4,5);1H3,(H2,2,3,4). The zero-order valence-corrected chi connectivity index (χ0v) is 21.9. The molecule has 0 saturated heterocycles. The second-order valence-corrected chi connectivity index (χ2v) is 10.2. The predicted molar refractivity (Wildman–Crippen MR) is 121 cm³/mol. The summed E-state index contributed by atoms with van der Waals surface area (Å²) in [5.41, 5.74) is 0. The van der Waals surface area contributed by atoms with Gasteiger partial charge in [0.15, 0.2) is 0 Å². The Hall–Kier alpha value is -1.62. The molecule has 0 amide bonds. The van der Waals surface area contributed by atoms with Gasteiger partial charge in [0.2, 0.25) is 0 Å². The smallest absolute Gasteiger partial charge is 0.322 e. The summed E-state index contributed by atoms with van der Waals surface area (Å²) in [6.45, 7) is 8.71. The summed E-state index contributed by atoms with van der Waals surface area (Å²) in [5.74, 6) is -2.57. The first-order chi connectivity index (χ1) is 14.4. The Balaban J connectivity index is -0.0000000666. The number of rotatable bonds is 6. The molecule has 204 valence electrons. The van der Waals surface area contributed by atoms with Gasteiger partial charge in [-0.25, -0.2) is 0 Å². The highest BCUT2D eigenvalue weighted by atomic mass is 32.2. The third-order valence-corrected chi connectivity index (χ3v) is 3.39. The molecule has 0 radical (unpaired) electrons. The maximum Gasteiger partial charge on any atom is 0.322 e. The Morgan fingerprint density at radius 1 is 0.667 bits per heavy atom. The third-order valence-electron chi connectivity index (χ3n) is 1.73. The fourth-order valence-corrected chi connectivity index (χ4v) is 0.774. The Kier molecular flexibility index (Phi) is 36.3. The van der Waals surface area contributed by atoms with Crippen LogP contribution in [0.4, 0.5) is 0 Å². The molecule has 0 aliphatic heterocycles.